The maximum atomic E-state index is 13.9. The fraction of sp³-hybridized carbons (Fsp3) is 0.250. The van der Waals surface area contributed by atoms with E-state index in [0.717, 1.165) is 12.1 Å². The van der Waals surface area contributed by atoms with Crippen LogP contribution in [-0.4, -0.2) is 9.78 Å². The Kier molecular flexibility index (Phi) is 3.59. The molecule has 90 valence electrons. The fourth-order valence-electron chi connectivity index (χ4n) is 1.65. The zero-order valence-electron chi connectivity index (χ0n) is 9.40. The largest absolute Gasteiger partial charge is 0.320 e. The van der Waals surface area contributed by atoms with Crippen LogP contribution in [0.25, 0.3) is 0 Å². The van der Waals surface area contributed by atoms with Gasteiger partial charge in [0.05, 0.1) is 16.7 Å². The predicted octanol–water partition coefficient (Wildman–Crippen LogP) is 2.85. The van der Waals surface area contributed by atoms with Gasteiger partial charge >= 0.3 is 0 Å². The molecule has 1 atom stereocenters. The van der Waals surface area contributed by atoms with Gasteiger partial charge in [0.15, 0.2) is 0 Å². The summed E-state index contributed by atoms with van der Waals surface area (Å²) in [4.78, 5) is 0. The number of hydrogen-bond donors (Lipinski definition) is 1. The van der Waals surface area contributed by atoms with E-state index in [1.807, 2.05) is 13.1 Å². The minimum absolute atomic E-state index is 0.316. The molecule has 0 aliphatic carbocycles. The van der Waals surface area contributed by atoms with Gasteiger partial charge in [-0.05, 0) is 28.9 Å². The van der Waals surface area contributed by atoms with Crippen LogP contribution in [0.3, 0.4) is 0 Å². The number of hydrogen-bond acceptors (Lipinski definition) is 2. The lowest BCUT2D eigenvalue weighted by Crippen LogP contribution is -2.13. The normalized spacial score (nSPS) is 12.7. The third-order valence-corrected chi connectivity index (χ3v) is 3.27. The Labute approximate surface area is 108 Å². The second-order valence-electron chi connectivity index (χ2n) is 3.75. The van der Waals surface area contributed by atoms with Crippen molar-refractivity contribution < 1.29 is 4.39 Å². The third kappa shape index (κ3) is 2.40. The van der Waals surface area contributed by atoms with Crippen molar-refractivity contribution in [2.24, 2.45) is 5.73 Å². The minimum atomic E-state index is -0.493. The second-order valence-corrected chi connectivity index (χ2v) is 4.60. The first-order valence-electron chi connectivity index (χ1n) is 5.35. The Morgan fingerprint density at radius 3 is 2.94 bits per heavy atom. The maximum absolute atomic E-state index is 13.9. The van der Waals surface area contributed by atoms with Gasteiger partial charge in [-0.2, -0.15) is 5.10 Å². The van der Waals surface area contributed by atoms with Crippen LogP contribution in [0.2, 0.25) is 0 Å². The molecule has 3 nitrogen and oxygen atoms in total. The number of halogens is 2. The summed E-state index contributed by atoms with van der Waals surface area (Å²) in [6, 6.07) is 4.62. The van der Waals surface area contributed by atoms with Crippen LogP contribution in [0, 0.1) is 5.82 Å². The van der Waals surface area contributed by atoms with Crippen LogP contribution in [0.15, 0.2) is 35.1 Å². The molecule has 0 aliphatic rings. The highest BCUT2D eigenvalue weighted by molar-refractivity contribution is 9.10. The van der Waals surface area contributed by atoms with Gasteiger partial charge in [0, 0.05) is 23.9 Å². The van der Waals surface area contributed by atoms with E-state index < -0.39 is 6.04 Å². The average Bonchev–Trinajstić information content (AvgIpc) is 2.80. The number of aromatic nitrogens is 2. The number of aryl methyl sites for hydroxylation is 1. The van der Waals surface area contributed by atoms with Crippen LogP contribution in [0.4, 0.5) is 4.39 Å². The van der Waals surface area contributed by atoms with Gasteiger partial charge in [-0.25, -0.2) is 4.39 Å². The molecule has 2 N–H and O–H groups in total. The summed E-state index contributed by atoms with van der Waals surface area (Å²) < 4.78 is 16.1. The first kappa shape index (κ1) is 12.3. The van der Waals surface area contributed by atoms with Gasteiger partial charge in [-0.15, -0.1) is 0 Å². The van der Waals surface area contributed by atoms with Crippen molar-refractivity contribution in [2.75, 3.05) is 0 Å². The zero-order valence-corrected chi connectivity index (χ0v) is 11.0. The molecule has 0 saturated carbocycles. The Bertz CT molecular complexity index is 524. The first-order valence-corrected chi connectivity index (χ1v) is 6.14. The van der Waals surface area contributed by atoms with Crippen molar-refractivity contribution in [2.45, 2.75) is 19.5 Å². The monoisotopic (exact) mass is 297 g/mol. The molecule has 2 aromatic rings. The maximum Gasteiger partial charge on any atom is 0.142 e. The molecule has 1 aromatic carbocycles. The smallest absolute Gasteiger partial charge is 0.142 e. The summed E-state index contributed by atoms with van der Waals surface area (Å²) in [6.45, 7) is 2.76. The predicted molar refractivity (Wildman–Crippen MR) is 68.0 cm³/mol. The van der Waals surface area contributed by atoms with E-state index in [-0.39, 0.29) is 5.82 Å². The highest BCUT2D eigenvalue weighted by Crippen LogP contribution is 2.26. The third-order valence-electron chi connectivity index (χ3n) is 2.65. The van der Waals surface area contributed by atoms with E-state index in [0.29, 0.717) is 10.0 Å². The van der Waals surface area contributed by atoms with E-state index in [1.54, 1.807) is 29.1 Å². The van der Waals surface area contributed by atoms with Crippen molar-refractivity contribution in [1.29, 1.82) is 0 Å². The van der Waals surface area contributed by atoms with Crippen molar-refractivity contribution in [3.63, 3.8) is 0 Å². The highest BCUT2D eigenvalue weighted by atomic mass is 79.9. The summed E-state index contributed by atoms with van der Waals surface area (Å²) in [5, 5.41) is 4.14. The van der Waals surface area contributed by atoms with E-state index in [1.165, 1.54) is 0 Å². The van der Waals surface area contributed by atoms with E-state index in [2.05, 4.69) is 21.0 Å². The lowest BCUT2D eigenvalue weighted by molar-refractivity contribution is 0.593. The van der Waals surface area contributed by atoms with Crippen LogP contribution in [-0.2, 0) is 6.54 Å². The number of nitrogens with two attached hydrogens (primary N) is 1. The summed E-state index contributed by atoms with van der Waals surface area (Å²) in [5.74, 6) is -0.316. The molecule has 0 spiro atoms. The molecule has 0 amide bonds. The molecule has 1 unspecified atom stereocenters. The van der Waals surface area contributed by atoms with Gasteiger partial charge in [-0.1, -0.05) is 12.1 Å². The van der Waals surface area contributed by atoms with Crippen molar-refractivity contribution in [3.05, 3.63) is 52.0 Å². The molecular weight excluding hydrogens is 285 g/mol. The highest BCUT2D eigenvalue weighted by Gasteiger charge is 2.16. The zero-order chi connectivity index (χ0) is 12.4. The van der Waals surface area contributed by atoms with Gasteiger partial charge < -0.3 is 5.73 Å². The van der Waals surface area contributed by atoms with Gasteiger partial charge in [0.2, 0.25) is 0 Å². The Balaban J connectivity index is 2.36. The van der Waals surface area contributed by atoms with Gasteiger partial charge in [0.25, 0.3) is 0 Å². The standard InChI is InChI=1S/C12H13BrFN3/c1-2-17-7-8(6-16-17)12(15)9-4-3-5-10(13)11(9)14/h3-7,12H,2,15H2,1H3. The van der Waals surface area contributed by atoms with Crippen molar-refractivity contribution in [3.8, 4) is 0 Å². The molecule has 0 saturated heterocycles. The summed E-state index contributed by atoms with van der Waals surface area (Å²) in [7, 11) is 0. The quantitative estimate of drug-likeness (QED) is 0.947. The molecule has 0 radical (unpaired) electrons. The molecule has 1 aromatic heterocycles. The minimum Gasteiger partial charge on any atom is -0.320 e. The lowest BCUT2D eigenvalue weighted by Gasteiger charge is -2.11. The first-order chi connectivity index (χ1) is 8.13. The molecule has 2 rings (SSSR count). The van der Waals surface area contributed by atoms with Crippen LogP contribution in [0.1, 0.15) is 24.1 Å². The number of nitrogens with zero attached hydrogens (tertiary/aromatic N) is 2. The fourth-order valence-corrected chi connectivity index (χ4v) is 2.03. The lowest BCUT2D eigenvalue weighted by atomic mass is 10.0. The Hall–Kier alpha value is -1.20. The van der Waals surface area contributed by atoms with E-state index >= 15 is 0 Å². The molecule has 5 heteroatoms. The average molecular weight is 298 g/mol. The second kappa shape index (κ2) is 4.98. The SMILES string of the molecule is CCn1cc(C(N)c2cccc(Br)c2F)cn1. The molecule has 0 fully saturated rings. The van der Waals surface area contributed by atoms with Crippen molar-refractivity contribution in [1.82, 2.24) is 9.78 Å². The topological polar surface area (TPSA) is 43.8 Å². The van der Waals surface area contributed by atoms with Crippen LogP contribution >= 0.6 is 15.9 Å². The van der Waals surface area contributed by atoms with E-state index in [9.17, 15) is 4.39 Å². The van der Waals surface area contributed by atoms with Gasteiger partial charge in [0.1, 0.15) is 5.82 Å². The summed E-state index contributed by atoms with van der Waals surface area (Å²) in [5.41, 5.74) is 7.32. The van der Waals surface area contributed by atoms with Gasteiger partial charge in [-0.3, -0.25) is 4.68 Å². The van der Waals surface area contributed by atoms with E-state index in [4.69, 9.17) is 5.73 Å². The van der Waals surface area contributed by atoms with Crippen LogP contribution in [0.5, 0.6) is 0 Å². The molecule has 0 aliphatic heterocycles. The molecule has 1 heterocycles. The summed E-state index contributed by atoms with van der Waals surface area (Å²) >= 11 is 3.15. The Morgan fingerprint density at radius 2 is 2.29 bits per heavy atom. The molecule has 0 bridgehead atoms. The summed E-state index contributed by atoms with van der Waals surface area (Å²) in [6.07, 6.45) is 3.51. The van der Waals surface area contributed by atoms with Crippen LogP contribution < -0.4 is 5.73 Å². The molecule has 17 heavy (non-hydrogen) atoms. The molecular formula is C12H13BrFN3. The number of rotatable bonds is 3. The van der Waals surface area contributed by atoms with Crippen molar-refractivity contribution >= 4 is 15.9 Å². The number of benzene rings is 1. The Morgan fingerprint density at radius 1 is 1.53 bits per heavy atom.